The third kappa shape index (κ3) is 5.03. The normalized spacial score (nSPS) is 20.5. The molecule has 0 heterocycles. The van der Waals surface area contributed by atoms with E-state index in [1.165, 1.54) is 50.9 Å². The quantitative estimate of drug-likeness (QED) is 0.435. The van der Waals surface area contributed by atoms with Gasteiger partial charge in [-0.2, -0.15) is 0 Å². The molecule has 2 aromatic carbocycles. The van der Waals surface area contributed by atoms with Gasteiger partial charge in [0, 0.05) is 0 Å². The molecular formula is C39H48Cl2Zr. The van der Waals surface area contributed by atoms with E-state index in [9.17, 15) is 0 Å². The molecule has 2 aromatic rings. The van der Waals surface area contributed by atoms with Gasteiger partial charge >= 0.3 is 253 Å². The molecule has 0 spiro atoms. The van der Waals surface area contributed by atoms with Crippen molar-refractivity contribution in [2.45, 2.75) is 104 Å². The Morgan fingerprint density at radius 2 is 1.21 bits per heavy atom. The van der Waals surface area contributed by atoms with Gasteiger partial charge in [0.2, 0.25) is 0 Å². The van der Waals surface area contributed by atoms with Gasteiger partial charge in [-0.3, -0.25) is 0 Å². The molecule has 3 heteroatoms. The summed E-state index contributed by atoms with van der Waals surface area (Å²) in [6, 6.07) is 10.5. The van der Waals surface area contributed by atoms with Crippen molar-refractivity contribution in [1.82, 2.24) is 0 Å². The third-order valence-electron chi connectivity index (χ3n) is 10.2. The minimum atomic E-state index is -2.36. The SMILES string of the molecule is CCC1C=C(C(C)(C)C)C=[C]1[Zr+2](=[C](C)C)[CH]1c2cc3c(cc2-c2cc4c(cc21)C(C)(C)C=C4C)C(C)=CC3(C)C.[Cl-].[Cl-]. The van der Waals surface area contributed by atoms with Crippen LogP contribution < -0.4 is 24.8 Å². The molecule has 4 aliphatic carbocycles. The van der Waals surface area contributed by atoms with Crippen LogP contribution in [0.2, 0.25) is 0 Å². The largest absolute Gasteiger partial charge is 1.00 e. The summed E-state index contributed by atoms with van der Waals surface area (Å²) in [6.45, 7) is 28.7. The fraction of sp³-hybridized carbons (Fsp3) is 0.462. The number of hydrogen-bond acceptors (Lipinski definition) is 0. The van der Waals surface area contributed by atoms with Crippen molar-refractivity contribution in [3.63, 3.8) is 0 Å². The van der Waals surface area contributed by atoms with E-state index in [-0.39, 0.29) is 41.1 Å². The number of hydrogen-bond donors (Lipinski definition) is 0. The van der Waals surface area contributed by atoms with E-state index in [0.29, 0.717) is 9.54 Å². The van der Waals surface area contributed by atoms with Gasteiger partial charge in [0.05, 0.1) is 0 Å². The maximum absolute atomic E-state index is 2.68. The summed E-state index contributed by atoms with van der Waals surface area (Å²) >= 11 is -2.36. The number of halogens is 2. The molecule has 0 amide bonds. The average molecular weight is 679 g/mol. The first-order valence-electron chi connectivity index (χ1n) is 15.4. The van der Waals surface area contributed by atoms with Gasteiger partial charge < -0.3 is 24.8 Å². The predicted octanol–water partition coefficient (Wildman–Crippen LogP) is 4.88. The smallest absolute Gasteiger partial charge is 1.00 e. The molecule has 0 bridgehead atoms. The molecule has 4 aliphatic rings. The zero-order chi connectivity index (χ0) is 29.1. The van der Waals surface area contributed by atoms with Gasteiger partial charge in [-0.25, -0.2) is 0 Å². The average Bonchev–Trinajstić information content (AvgIpc) is 3.53. The van der Waals surface area contributed by atoms with Gasteiger partial charge in [-0.15, -0.1) is 0 Å². The Kier molecular flexibility index (Phi) is 8.78. The maximum Gasteiger partial charge on any atom is -1.00 e. The Labute approximate surface area is 275 Å². The Balaban J connectivity index is 0.00000202. The van der Waals surface area contributed by atoms with E-state index < -0.39 is 21.3 Å². The van der Waals surface area contributed by atoms with Gasteiger partial charge in [0.25, 0.3) is 0 Å². The van der Waals surface area contributed by atoms with Crippen molar-refractivity contribution in [2.24, 2.45) is 11.3 Å². The van der Waals surface area contributed by atoms with Gasteiger partial charge in [0.1, 0.15) is 0 Å². The summed E-state index contributed by atoms with van der Waals surface area (Å²) in [7, 11) is 0. The molecule has 0 nitrogen and oxygen atoms in total. The number of rotatable bonds is 3. The first kappa shape index (κ1) is 33.6. The molecule has 0 fully saturated rings. The van der Waals surface area contributed by atoms with Crippen LogP contribution in [0, 0.1) is 11.3 Å². The first-order valence-corrected chi connectivity index (χ1v) is 19.3. The molecule has 0 radical (unpaired) electrons. The summed E-state index contributed by atoms with van der Waals surface area (Å²) in [5.74, 6) is 0.593. The van der Waals surface area contributed by atoms with Crippen LogP contribution in [-0.4, -0.2) is 3.21 Å². The van der Waals surface area contributed by atoms with Crippen molar-refractivity contribution >= 4 is 14.4 Å². The fourth-order valence-corrected chi connectivity index (χ4v) is 17.0. The maximum atomic E-state index is 2.68. The topological polar surface area (TPSA) is 0 Å². The van der Waals surface area contributed by atoms with Crippen LogP contribution in [0.1, 0.15) is 127 Å². The van der Waals surface area contributed by atoms with E-state index in [1.54, 1.807) is 19.9 Å². The second-order valence-corrected chi connectivity index (χ2v) is 22.7. The molecule has 1 unspecified atom stereocenters. The number of benzene rings is 2. The minimum Gasteiger partial charge on any atom is -1.00 e. The zero-order valence-corrected chi connectivity index (χ0v) is 31.7. The van der Waals surface area contributed by atoms with E-state index in [1.807, 2.05) is 3.28 Å². The van der Waals surface area contributed by atoms with Crippen LogP contribution in [0.25, 0.3) is 22.3 Å². The van der Waals surface area contributed by atoms with Crippen LogP contribution in [-0.2, 0) is 32.1 Å². The fourth-order valence-electron chi connectivity index (χ4n) is 8.22. The second kappa shape index (κ2) is 11.0. The molecule has 0 saturated heterocycles. The zero-order valence-electron chi connectivity index (χ0n) is 27.7. The van der Waals surface area contributed by atoms with Gasteiger partial charge in [0.15, 0.2) is 0 Å². The van der Waals surface area contributed by atoms with Crippen LogP contribution in [0.4, 0.5) is 0 Å². The van der Waals surface area contributed by atoms with Crippen LogP contribution in [0.5, 0.6) is 0 Å². The van der Waals surface area contributed by atoms with Crippen molar-refractivity contribution in [1.29, 1.82) is 0 Å². The minimum absolute atomic E-state index is 0. The summed E-state index contributed by atoms with van der Waals surface area (Å²) in [5, 5.41) is 0. The molecule has 1 atom stereocenters. The molecule has 6 rings (SSSR count). The first-order chi connectivity index (χ1) is 18.5. The Morgan fingerprint density at radius 1 is 0.762 bits per heavy atom. The standard InChI is InChI=1S/C25H25.C11H17.C3H6.2ClH.Zr/c1-14-12-24(3,4)22-8-16-7-17-9-23-19(15(2)13-25(23,5)6)11-21(17)20(16)10-18(14)22;1-5-9-6-7-10(8-9)11(2,3)4;1-3-2;;;/h7-13H,1-6H3;7-9H,5H2,1-4H3;1-2H3;2*1H;/q;;;;;+2/p-2. The molecule has 0 N–H and O–H groups in total. The van der Waals surface area contributed by atoms with E-state index in [4.69, 9.17) is 0 Å². The number of allylic oxidation sites excluding steroid dienone is 8. The molecule has 0 saturated carbocycles. The summed E-state index contributed by atoms with van der Waals surface area (Å²) in [4.78, 5) is 0. The predicted molar refractivity (Wildman–Crippen MR) is 173 cm³/mol. The van der Waals surface area contributed by atoms with E-state index in [0.717, 1.165) is 0 Å². The monoisotopic (exact) mass is 676 g/mol. The number of fused-ring (bicyclic) bond motifs is 5. The van der Waals surface area contributed by atoms with Gasteiger partial charge in [-0.05, 0) is 0 Å². The van der Waals surface area contributed by atoms with Crippen molar-refractivity contribution in [3.05, 3.63) is 90.8 Å². The second-order valence-electron chi connectivity index (χ2n) is 15.4. The van der Waals surface area contributed by atoms with Crippen molar-refractivity contribution in [3.8, 4) is 11.1 Å². The summed E-state index contributed by atoms with van der Waals surface area (Å²) in [6.07, 6.45) is 11.5. The molecule has 42 heavy (non-hydrogen) atoms. The van der Waals surface area contributed by atoms with Gasteiger partial charge in [-0.1, -0.05) is 0 Å². The van der Waals surface area contributed by atoms with Crippen LogP contribution in [0.15, 0.2) is 57.4 Å². The van der Waals surface area contributed by atoms with Crippen molar-refractivity contribution < 1.29 is 46.1 Å². The molecule has 0 aromatic heterocycles. The van der Waals surface area contributed by atoms with E-state index >= 15 is 0 Å². The van der Waals surface area contributed by atoms with Crippen LogP contribution >= 0.6 is 0 Å². The molecule has 0 aliphatic heterocycles. The summed E-state index contributed by atoms with van der Waals surface area (Å²) < 4.78 is 4.08. The van der Waals surface area contributed by atoms with Crippen molar-refractivity contribution in [2.75, 3.05) is 0 Å². The third-order valence-corrected chi connectivity index (χ3v) is 18.6. The Bertz CT molecular complexity index is 1560. The Morgan fingerprint density at radius 3 is 1.60 bits per heavy atom. The van der Waals surface area contributed by atoms with E-state index in [2.05, 4.69) is 132 Å². The molecule has 222 valence electrons. The summed E-state index contributed by atoms with van der Waals surface area (Å²) in [5.41, 5.74) is 17.1. The van der Waals surface area contributed by atoms with Crippen LogP contribution in [0.3, 0.4) is 0 Å². The molecular weight excluding hydrogens is 631 g/mol. The Hall–Kier alpha value is -1.27.